The number of nitrogens with zero attached hydrogens (tertiary/aromatic N) is 2. The third kappa shape index (κ3) is 3.22. The zero-order valence-corrected chi connectivity index (χ0v) is 8.99. The molecular weight excluding hydrogens is 190 g/mol. The lowest BCUT2D eigenvalue weighted by Gasteiger charge is -2.26. The van der Waals surface area contributed by atoms with Crippen LogP contribution in [0.3, 0.4) is 0 Å². The predicted molar refractivity (Wildman–Crippen MR) is 58.4 cm³/mol. The first-order chi connectivity index (χ1) is 7.09. The van der Waals surface area contributed by atoms with Gasteiger partial charge in [-0.1, -0.05) is 0 Å². The van der Waals surface area contributed by atoms with Gasteiger partial charge in [0.1, 0.15) is 6.07 Å². The minimum absolute atomic E-state index is 0.113. The highest BCUT2D eigenvalue weighted by molar-refractivity contribution is 5.56. The van der Waals surface area contributed by atoms with Gasteiger partial charge in [-0.25, -0.2) is 0 Å². The van der Waals surface area contributed by atoms with Crippen LogP contribution in [0, 0.1) is 11.3 Å². The van der Waals surface area contributed by atoms with E-state index in [1.807, 2.05) is 13.8 Å². The lowest BCUT2D eigenvalue weighted by Crippen LogP contribution is -2.32. The topological polar surface area (TPSA) is 68.9 Å². The van der Waals surface area contributed by atoms with E-state index in [0.29, 0.717) is 17.7 Å². The van der Waals surface area contributed by atoms with E-state index < -0.39 is 0 Å². The fourth-order valence-corrected chi connectivity index (χ4v) is 1.30. The molecule has 0 aromatic carbocycles. The SMILES string of the molecule is CC(C)(CCO)Nc1cnccc1C#N. The first kappa shape index (κ1) is 11.5. The fourth-order valence-electron chi connectivity index (χ4n) is 1.30. The number of pyridine rings is 1. The zero-order valence-electron chi connectivity index (χ0n) is 8.99. The third-order valence-corrected chi connectivity index (χ3v) is 2.15. The number of hydrogen-bond donors (Lipinski definition) is 2. The van der Waals surface area contributed by atoms with Crippen LogP contribution in [0.1, 0.15) is 25.8 Å². The van der Waals surface area contributed by atoms with Gasteiger partial charge in [-0.15, -0.1) is 0 Å². The Morgan fingerprint density at radius 1 is 1.60 bits per heavy atom. The molecular formula is C11H15N3O. The summed E-state index contributed by atoms with van der Waals surface area (Å²) in [5.74, 6) is 0. The van der Waals surface area contributed by atoms with Gasteiger partial charge in [0.2, 0.25) is 0 Å². The lowest BCUT2D eigenvalue weighted by atomic mass is 10.0. The number of nitriles is 1. The Morgan fingerprint density at radius 3 is 2.93 bits per heavy atom. The standard InChI is InChI=1S/C11H15N3O/c1-11(2,4-6-15)14-10-8-13-5-3-9(10)7-12/h3,5,8,14-15H,4,6H2,1-2H3. The van der Waals surface area contributed by atoms with Crippen molar-refractivity contribution in [3.05, 3.63) is 24.0 Å². The number of anilines is 1. The number of aromatic nitrogens is 1. The highest BCUT2D eigenvalue weighted by Gasteiger charge is 2.17. The molecule has 1 aromatic heterocycles. The van der Waals surface area contributed by atoms with Crippen molar-refractivity contribution in [1.82, 2.24) is 4.98 Å². The quantitative estimate of drug-likeness (QED) is 0.782. The summed E-state index contributed by atoms with van der Waals surface area (Å²) in [6.45, 7) is 4.05. The maximum atomic E-state index is 8.89. The number of nitrogens with one attached hydrogen (secondary N) is 1. The molecule has 15 heavy (non-hydrogen) atoms. The Bertz CT molecular complexity index is 368. The van der Waals surface area contributed by atoms with Crippen molar-refractivity contribution in [2.24, 2.45) is 0 Å². The smallest absolute Gasteiger partial charge is 0.101 e. The van der Waals surface area contributed by atoms with Crippen LogP contribution in [0.2, 0.25) is 0 Å². The van der Waals surface area contributed by atoms with Crippen LogP contribution in [0.4, 0.5) is 5.69 Å². The summed E-state index contributed by atoms with van der Waals surface area (Å²) in [6, 6.07) is 3.76. The summed E-state index contributed by atoms with van der Waals surface area (Å²) in [7, 11) is 0. The molecule has 80 valence electrons. The minimum atomic E-state index is -0.247. The number of rotatable bonds is 4. The van der Waals surface area contributed by atoms with E-state index >= 15 is 0 Å². The van der Waals surface area contributed by atoms with Gasteiger partial charge in [-0.2, -0.15) is 5.26 Å². The van der Waals surface area contributed by atoms with Gasteiger partial charge in [0.15, 0.2) is 0 Å². The van der Waals surface area contributed by atoms with Crippen LogP contribution in [0.15, 0.2) is 18.5 Å². The summed E-state index contributed by atoms with van der Waals surface area (Å²) in [5, 5.41) is 21.0. The molecule has 4 heteroatoms. The molecule has 1 heterocycles. The van der Waals surface area contributed by atoms with E-state index in [2.05, 4.69) is 16.4 Å². The summed E-state index contributed by atoms with van der Waals surface area (Å²) in [5.41, 5.74) is 1.03. The van der Waals surface area contributed by atoms with Crippen LogP contribution in [-0.2, 0) is 0 Å². The number of hydrogen-bond acceptors (Lipinski definition) is 4. The Balaban J connectivity index is 2.85. The normalized spacial score (nSPS) is 10.8. The summed E-state index contributed by atoms with van der Waals surface area (Å²) in [4.78, 5) is 3.96. The zero-order chi connectivity index (χ0) is 11.3. The first-order valence-electron chi connectivity index (χ1n) is 4.82. The Morgan fingerprint density at radius 2 is 2.33 bits per heavy atom. The van der Waals surface area contributed by atoms with Crippen LogP contribution in [0.5, 0.6) is 0 Å². The maximum Gasteiger partial charge on any atom is 0.101 e. The molecule has 0 aliphatic carbocycles. The second kappa shape index (κ2) is 4.76. The molecule has 0 aliphatic rings. The molecule has 4 nitrogen and oxygen atoms in total. The van der Waals surface area contributed by atoms with Crippen molar-refractivity contribution in [2.75, 3.05) is 11.9 Å². The average molecular weight is 205 g/mol. The number of aliphatic hydroxyl groups excluding tert-OH is 1. The molecule has 0 spiro atoms. The molecule has 0 fully saturated rings. The Kier molecular flexibility index (Phi) is 3.64. The van der Waals surface area contributed by atoms with E-state index in [9.17, 15) is 0 Å². The summed E-state index contributed by atoms with van der Waals surface area (Å²) in [6.07, 6.45) is 3.83. The highest BCUT2D eigenvalue weighted by Crippen LogP contribution is 2.20. The van der Waals surface area contributed by atoms with Crippen molar-refractivity contribution in [3.8, 4) is 6.07 Å². The van der Waals surface area contributed by atoms with Crippen molar-refractivity contribution >= 4 is 5.69 Å². The van der Waals surface area contributed by atoms with Gasteiger partial charge in [-0.3, -0.25) is 4.98 Å². The molecule has 1 rings (SSSR count). The monoisotopic (exact) mass is 205 g/mol. The van der Waals surface area contributed by atoms with Crippen molar-refractivity contribution < 1.29 is 5.11 Å². The van der Waals surface area contributed by atoms with E-state index in [1.165, 1.54) is 0 Å². The number of aliphatic hydroxyl groups is 1. The first-order valence-corrected chi connectivity index (χ1v) is 4.82. The van der Waals surface area contributed by atoms with Crippen LogP contribution < -0.4 is 5.32 Å². The van der Waals surface area contributed by atoms with Crippen molar-refractivity contribution in [3.63, 3.8) is 0 Å². The molecule has 0 bridgehead atoms. The summed E-state index contributed by atoms with van der Waals surface area (Å²) >= 11 is 0. The fraction of sp³-hybridized carbons (Fsp3) is 0.455. The van der Waals surface area contributed by atoms with Gasteiger partial charge < -0.3 is 10.4 Å². The molecule has 0 aliphatic heterocycles. The van der Waals surface area contributed by atoms with Crippen molar-refractivity contribution in [1.29, 1.82) is 5.26 Å². The largest absolute Gasteiger partial charge is 0.396 e. The van der Waals surface area contributed by atoms with Gasteiger partial charge in [0.05, 0.1) is 17.4 Å². The van der Waals surface area contributed by atoms with Gasteiger partial charge in [0, 0.05) is 18.3 Å². The second-order valence-electron chi connectivity index (χ2n) is 4.02. The Hall–Kier alpha value is -1.60. The van der Waals surface area contributed by atoms with Gasteiger partial charge in [-0.05, 0) is 26.3 Å². The minimum Gasteiger partial charge on any atom is -0.396 e. The maximum absolute atomic E-state index is 8.89. The van der Waals surface area contributed by atoms with Crippen LogP contribution >= 0.6 is 0 Å². The van der Waals surface area contributed by atoms with E-state index in [0.717, 1.165) is 0 Å². The molecule has 0 radical (unpaired) electrons. The average Bonchev–Trinajstić information content (AvgIpc) is 2.17. The summed E-state index contributed by atoms with van der Waals surface area (Å²) < 4.78 is 0. The van der Waals surface area contributed by atoms with Crippen LogP contribution in [0.25, 0.3) is 0 Å². The molecule has 1 aromatic rings. The second-order valence-corrected chi connectivity index (χ2v) is 4.02. The molecule has 0 atom stereocenters. The van der Waals surface area contributed by atoms with E-state index in [1.54, 1.807) is 18.5 Å². The lowest BCUT2D eigenvalue weighted by molar-refractivity contribution is 0.261. The molecule has 0 amide bonds. The highest BCUT2D eigenvalue weighted by atomic mass is 16.3. The van der Waals surface area contributed by atoms with Gasteiger partial charge in [0.25, 0.3) is 0 Å². The van der Waals surface area contributed by atoms with Crippen molar-refractivity contribution in [2.45, 2.75) is 25.8 Å². The third-order valence-electron chi connectivity index (χ3n) is 2.15. The van der Waals surface area contributed by atoms with Crippen LogP contribution in [-0.4, -0.2) is 22.2 Å². The molecule has 0 saturated carbocycles. The molecule has 0 unspecified atom stereocenters. The Labute approximate surface area is 89.6 Å². The van der Waals surface area contributed by atoms with E-state index in [4.69, 9.17) is 10.4 Å². The molecule has 2 N–H and O–H groups in total. The van der Waals surface area contributed by atoms with Gasteiger partial charge >= 0.3 is 0 Å². The predicted octanol–water partition coefficient (Wildman–Crippen LogP) is 1.53. The molecule has 0 saturated heterocycles. The van der Waals surface area contributed by atoms with E-state index in [-0.39, 0.29) is 12.1 Å².